The van der Waals surface area contributed by atoms with Crippen LogP contribution in [0.2, 0.25) is 0 Å². The molecule has 1 atom stereocenters. The summed E-state index contributed by atoms with van der Waals surface area (Å²) < 4.78 is 0. The number of nitrogens with zero attached hydrogens (tertiary/aromatic N) is 1. The molecule has 1 N–H and O–H groups in total. The minimum Gasteiger partial charge on any atom is -0.392 e. The molecule has 0 amide bonds. The van der Waals surface area contributed by atoms with Crippen molar-refractivity contribution in [1.82, 2.24) is 4.90 Å². The first-order chi connectivity index (χ1) is 8.22. The molecule has 92 valence electrons. The van der Waals surface area contributed by atoms with Crippen LogP contribution in [-0.4, -0.2) is 34.9 Å². The predicted octanol–water partition coefficient (Wildman–Crippen LogP) is 1.85. The molecule has 0 aliphatic carbocycles. The Bertz CT molecular complexity index is 380. The van der Waals surface area contributed by atoms with Crippen molar-refractivity contribution in [1.29, 1.82) is 0 Å². The van der Waals surface area contributed by atoms with Gasteiger partial charge in [0, 0.05) is 5.56 Å². The van der Waals surface area contributed by atoms with Crippen molar-refractivity contribution in [3.8, 4) is 0 Å². The third-order valence-electron chi connectivity index (χ3n) is 3.49. The molecule has 0 radical (unpaired) electrons. The highest BCUT2D eigenvalue weighted by Crippen LogP contribution is 2.16. The van der Waals surface area contributed by atoms with Crippen molar-refractivity contribution in [3.63, 3.8) is 0 Å². The molecule has 3 heteroatoms. The van der Waals surface area contributed by atoms with E-state index < -0.39 is 0 Å². The Morgan fingerprint density at radius 1 is 1.29 bits per heavy atom. The maximum absolute atomic E-state index is 12.2. The Labute approximate surface area is 102 Å². The first-order valence-electron chi connectivity index (χ1n) is 6.20. The molecule has 1 saturated heterocycles. The van der Waals surface area contributed by atoms with E-state index in [9.17, 15) is 4.79 Å². The number of aliphatic hydroxyl groups excluding tert-OH is 1. The zero-order valence-electron chi connectivity index (χ0n) is 10.2. The highest BCUT2D eigenvalue weighted by Gasteiger charge is 2.24. The molecule has 0 spiro atoms. The minimum absolute atomic E-state index is 0.0240. The fraction of sp³-hybridized carbons (Fsp3) is 0.500. The molecular weight excluding hydrogens is 214 g/mol. The number of hydrogen-bond acceptors (Lipinski definition) is 3. The van der Waals surface area contributed by atoms with E-state index in [-0.39, 0.29) is 18.4 Å². The van der Waals surface area contributed by atoms with Crippen LogP contribution in [0.1, 0.15) is 35.7 Å². The summed E-state index contributed by atoms with van der Waals surface area (Å²) in [4.78, 5) is 14.5. The number of rotatable bonds is 4. The Hall–Kier alpha value is -1.19. The quantitative estimate of drug-likeness (QED) is 0.807. The van der Waals surface area contributed by atoms with Crippen LogP contribution in [0.4, 0.5) is 0 Å². The van der Waals surface area contributed by atoms with Gasteiger partial charge in [0.1, 0.15) is 0 Å². The minimum atomic E-state index is -0.0301. The van der Waals surface area contributed by atoms with Gasteiger partial charge in [-0.3, -0.25) is 9.69 Å². The standard InChI is InChI=1S/C14H19NO2/c1-11(15-8-2-3-9-15)14(17)13-6-4-12(10-16)5-7-13/h4-7,11,16H,2-3,8-10H2,1H3. The number of carbonyl (C=O) groups excluding carboxylic acids is 1. The lowest BCUT2D eigenvalue weighted by molar-refractivity contribution is 0.0867. The van der Waals surface area contributed by atoms with Crippen LogP contribution in [-0.2, 0) is 6.61 Å². The molecule has 17 heavy (non-hydrogen) atoms. The topological polar surface area (TPSA) is 40.5 Å². The predicted molar refractivity (Wildman–Crippen MR) is 67.0 cm³/mol. The van der Waals surface area contributed by atoms with Crippen LogP contribution in [0.25, 0.3) is 0 Å². The molecule has 1 aromatic carbocycles. The Kier molecular flexibility index (Phi) is 3.92. The molecule has 1 aliphatic heterocycles. The second-order valence-electron chi connectivity index (χ2n) is 4.64. The number of aliphatic hydroxyl groups is 1. The van der Waals surface area contributed by atoms with Crippen molar-refractivity contribution in [2.24, 2.45) is 0 Å². The maximum atomic E-state index is 12.2. The lowest BCUT2D eigenvalue weighted by Gasteiger charge is -2.22. The van der Waals surface area contributed by atoms with Crippen LogP contribution >= 0.6 is 0 Å². The first-order valence-corrected chi connectivity index (χ1v) is 6.20. The van der Waals surface area contributed by atoms with E-state index >= 15 is 0 Å². The van der Waals surface area contributed by atoms with Gasteiger partial charge in [-0.25, -0.2) is 0 Å². The summed E-state index contributed by atoms with van der Waals surface area (Å²) in [6.07, 6.45) is 2.39. The van der Waals surface area contributed by atoms with Crippen molar-refractivity contribution in [3.05, 3.63) is 35.4 Å². The summed E-state index contributed by atoms with van der Waals surface area (Å²) in [5.74, 6) is 0.177. The largest absolute Gasteiger partial charge is 0.392 e. The normalized spacial score (nSPS) is 18.2. The van der Waals surface area contributed by atoms with Gasteiger partial charge in [0.05, 0.1) is 12.6 Å². The second-order valence-corrected chi connectivity index (χ2v) is 4.64. The molecule has 1 aromatic rings. The molecule has 0 saturated carbocycles. The monoisotopic (exact) mass is 233 g/mol. The number of likely N-dealkylation sites (tertiary alicyclic amines) is 1. The molecule has 0 bridgehead atoms. The Morgan fingerprint density at radius 3 is 2.41 bits per heavy atom. The van der Waals surface area contributed by atoms with E-state index in [4.69, 9.17) is 5.11 Å². The highest BCUT2D eigenvalue weighted by atomic mass is 16.3. The van der Waals surface area contributed by atoms with Gasteiger partial charge in [-0.1, -0.05) is 24.3 Å². The lowest BCUT2D eigenvalue weighted by atomic mass is 10.0. The van der Waals surface area contributed by atoms with Crippen LogP contribution < -0.4 is 0 Å². The molecule has 2 rings (SSSR count). The zero-order chi connectivity index (χ0) is 12.3. The average Bonchev–Trinajstić information content (AvgIpc) is 2.91. The number of benzene rings is 1. The Balaban J connectivity index is 2.07. The van der Waals surface area contributed by atoms with E-state index in [1.165, 1.54) is 12.8 Å². The van der Waals surface area contributed by atoms with Crippen molar-refractivity contribution >= 4 is 5.78 Å². The third kappa shape index (κ3) is 2.73. The third-order valence-corrected chi connectivity index (χ3v) is 3.49. The van der Waals surface area contributed by atoms with Crippen LogP contribution in [0.3, 0.4) is 0 Å². The van der Waals surface area contributed by atoms with E-state index in [1.54, 1.807) is 12.1 Å². The summed E-state index contributed by atoms with van der Waals surface area (Å²) in [5, 5.41) is 8.96. The van der Waals surface area contributed by atoms with Gasteiger partial charge in [-0.2, -0.15) is 0 Å². The number of carbonyl (C=O) groups is 1. The first kappa shape index (κ1) is 12.3. The van der Waals surface area contributed by atoms with Gasteiger partial charge in [-0.05, 0) is 38.4 Å². The fourth-order valence-corrected chi connectivity index (χ4v) is 2.31. The van der Waals surface area contributed by atoms with Gasteiger partial charge < -0.3 is 5.11 Å². The molecule has 3 nitrogen and oxygen atoms in total. The number of hydrogen-bond donors (Lipinski definition) is 1. The summed E-state index contributed by atoms with van der Waals surface area (Å²) in [6.45, 7) is 4.06. The van der Waals surface area contributed by atoms with Gasteiger partial charge in [0.25, 0.3) is 0 Å². The lowest BCUT2D eigenvalue weighted by Crippen LogP contribution is -2.36. The molecule has 1 fully saturated rings. The van der Waals surface area contributed by atoms with Crippen LogP contribution in [0.15, 0.2) is 24.3 Å². The number of ketones is 1. The van der Waals surface area contributed by atoms with Crippen LogP contribution in [0.5, 0.6) is 0 Å². The smallest absolute Gasteiger partial charge is 0.179 e. The maximum Gasteiger partial charge on any atom is 0.179 e. The summed E-state index contributed by atoms with van der Waals surface area (Å²) in [5.41, 5.74) is 1.58. The molecular formula is C14H19NO2. The highest BCUT2D eigenvalue weighted by molar-refractivity contribution is 5.99. The summed E-state index contributed by atoms with van der Waals surface area (Å²) >= 11 is 0. The van der Waals surface area contributed by atoms with Crippen LogP contribution in [0, 0.1) is 0 Å². The van der Waals surface area contributed by atoms with Gasteiger partial charge in [-0.15, -0.1) is 0 Å². The molecule has 0 aromatic heterocycles. The molecule has 1 unspecified atom stereocenters. The van der Waals surface area contributed by atoms with Crippen molar-refractivity contribution in [2.75, 3.05) is 13.1 Å². The Morgan fingerprint density at radius 2 is 1.88 bits per heavy atom. The van der Waals surface area contributed by atoms with E-state index in [0.717, 1.165) is 24.2 Å². The summed E-state index contributed by atoms with van der Waals surface area (Å²) in [6, 6.07) is 7.20. The molecule has 1 heterocycles. The van der Waals surface area contributed by atoms with Gasteiger partial charge >= 0.3 is 0 Å². The second kappa shape index (κ2) is 5.43. The fourth-order valence-electron chi connectivity index (χ4n) is 2.31. The zero-order valence-corrected chi connectivity index (χ0v) is 10.2. The van der Waals surface area contributed by atoms with E-state index in [1.807, 2.05) is 19.1 Å². The van der Waals surface area contributed by atoms with E-state index in [2.05, 4.69) is 4.90 Å². The van der Waals surface area contributed by atoms with E-state index in [0.29, 0.717) is 0 Å². The number of Topliss-reactive ketones (excluding diaryl/α,β-unsaturated/α-hetero) is 1. The van der Waals surface area contributed by atoms with Gasteiger partial charge in [0.2, 0.25) is 0 Å². The summed E-state index contributed by atoms with van der Waals surface area (Å²) in [7, 11) is 0. The molecule has 1 aliphatic rings. The van der Waals surface area contributed by atoms with Gasteiger partial charge in [0.15, 0.2) is 5.78 Å². The average molecular weight is 233 g/mol. The van der Waals surface area contributed by atoms with Crippen molar-refractivity contribution < 1.29 is 9.90 Å². The van der Waals surface area contributed by atoms with Crippen molar-refractivity contribution in [2.45, 2.75) is 32.4 Å². The SMILES string of the molecule is CC(C(=O)c1ccc(CO)cc1)N1CCCC1.